The maximum absolute atomic E-state index is 12.2. The predicted octanol–water partition coefficient (Wildman–Crippen LogP) is -0.670. The molecule has 2 aromatic rings. The minimum Gasteiger partial charge on any atom is -0.508 e. The second-order valence-electron chi connectivity index (χ2n) is 6.92. The first-order valence-corrected chi connectivity index (χ1v) is 9.20. The number of aliphatic hydroxyl groups is 3. The van der Waals surface area contributed by atoms with E-state index in [2.05, 4.69) is 0 Å². The standard InChI is InChI=1S/C20H20O12/c21-10-3-1-8(2-4-10)19(28)32-17-16(26)15(25)13(31-20(17)29)7-30-18(27)9-5-11(22)14(24)12(23)6-9/h1-6,13,15-17,20-26,29H,7H2/t13-,15-,16+,17-,20-/m1/s1. The summed E-state index contributed by atoms with van der Waals surface area (Å²) in [4.78, 5) is 24.3. The van der Waals surface area contributed by atoms with Crippen molar-refractivity contribution in [2.24, 2.45) is 0 Å². The van der Waals surface area contributed by atoms with Gasteiger partial charge in [0, 0.05) is 0 Å². The Kier molecular flexibility index (Phi) is 6.69. The zero-order chi connectivity index (χ0) is 23.6. The monoisotopic (exact) mass is 452 g/mol. The average Bonchev–Trinajstić information content (AvgIpc) is 2.76. The van der Waals surface area contributed by atoms with Crippen LogP contribution in [-0.4, -0.2) is 85.0 Å². The van der Waals surface area contributed by atoms with Gasteiger partial charge in [0.05, 0.1) is 11.1 Å². The molecule has 0 bridgehead atoms. The van der Waals surface area contributed by atoms with Crippen molar-refractivity contribution in [3.05, 3.63) is 47.5 Å². The summed E-state index contributed by atoms with van der Waals surface area (Å²) in [6.07, 6.45) is -8.48. The number of hydrogen-bond acceptors (Lipinski definition) is 12. The van der Waals surface area contributed by atoms with Crippen LogP contribution in [0.15, 0.2) is 36.4 Å². The third-order valence-corrected chi connectivity index (χ3v) is 4.69. The van der Waals surface area contributed by atoms with Gasteiger partial charge in [-0.25, -0.2) is 9.59 Å². The van der Waals surface area contributed by atoms with Crippen molar-refractivity contribution in [1.29, 1.82) is 0 Å². The van der Waals surface area contributed by atoms with E-state index in [-0.39, 0.29) is 16.9 Å². The molecular weight excluding hydrogens is 432 g/mol. The molecule has 1 fully saturated rings. The number of esters is 2. The summed E-state index contributed by atoms with van der Waals surface area (Å²) < 4.78 is 15.0. The molecule has 5 atom stereocenters. The molecule has 0 radical (unpaired) electrons. The largest absolute Gasteiger partial charge is 0.508 e. The minimum absolute atomic E-state index is 0.00754. The van der Waals surface area contributed by atoms with E-state index in [1.807, 2.05) is 0 Å². The summed E-state index contributed by atoms with van der Waals surface area (Å²) in [5, 5.41) is 68.1. The van der Waals surface area contributed by atoms with Gasteiger partial charge in [-0.15, -0.1) is 0 Å². The predicted molar refractivity (Wildman–Crippen MR) is 102 cm³/mol. The van der Waals surface area contributed by atoms with Crippen LogP contribution in [-0.2, 0) is 14.2 Å². The van der Waals surface area contributed by atoms with E-state index in [4.69, 9.17) is 14.2 Å². The molecule has 1 heterocycles. The number of aliphatic hydroxyl groups excluding tert-OH is 3. The molecule has 0 aliphatic carbocycles. The zero-order valence-corrected chi connectivity index (χ0v) is 16.2. The number of carbonyl (C=O) groups is 2. The average molecular weight is 452 g/mol. The highest BCUT2D eigenvalue weighted by molar-refractivity contribution is 5.91. The number of ether oxygens (including phenoxy) is 3. The number of phenols is 4. The van der Waals surface area contributed by atoms with E-state index >= 15 is 0 Å². The Labute approximate surface area is 180 Å². The highest BCUT2D eigenvalue weighted by Gasteiger charge is 2.46. The molecule has 1 aliphatic rings. The maximum Gasteiger partial charge on any atom is 0.338 e. The van der Waals surface area contributed by atoms with E-state index in [1.165, 1.54) is 24.3 Å². The second-order valence-corrected chi connectivity index (χ2v) is 6.92. The third-order valence-electron chi connectivity index (χ3n) is 4.69. The first-order chi connectivity index (χ1) is 15.1. The van der Waals surface area contributed by atoms with Crippen LogP contribution in [0.5, 0.6) is 23.0 Å². The van der Waals surface area contributed by atoms with Crippen molar-refractivity contribution in [3.63, 3.8) is 0 Å². The molecule has 0 amide bonds. The van der Waals surface area contributed by atoms with Gasteiger partial charge in [-0.1, -0.05) is 0 Å². The number of hydrogen-bond donors (Lipinski definition) is 7. The Morgan fingerprint density at radius 3 is 2.03 bits per heavy atom. The van der Waals surface area contributed by atoms with E-state index < -0.39 is 66.5 Å². The van der Waals surface area contributed by atoms with E-state index in [0.717, 1.165) is 12.1 Å². The number of rotatable bonds is 5. The van der Waals surface area contributed by atoms with Crippen molar-refractivity contribution < 1.29 is 59.5 Å². The highest BCUT2D eigenvalue weighted by Crippen LogP contribution is 2.35. The first-order valence-electron chi connectivity index (χ1n) is 9.20. The van der Waals surface area contributed by atoms with Crippen LogP contribution in [0, 0.1) is 0 Å². The summed E-state index contributed by atoms with van der Waals surface area (Å²) in [5.74, 6) is -4.48. The summed E-state index contributed by atoms with van der Waals surface area (Å²) in [7, 11) is 0. The zero-order valence-electron chi connectivity index (χ0n) is 16.2. The number of phenolic OH excluding ortho intramolecular Hbond substituents is 4. The molecule has 0 aromatic heterocycles. The lowest BCUT2D eigenvalue weighted by Gasteiger charge is -2.39. The fourth-order valence-corrected chi connectivity index (χ4v) is 2.94. The molecule has 172 valence electrons. The fraction of sp³-hybridized carbons (Fsp3) is 0.300. The van der Waals surface area contributed by atoms with Crippen LogP contribution >= 0.6 is 0 Å². The van der Waals surface area contributed by atoms with Gasteiger partial charge in [-0.3, -0.25) is 0 Å². The van der Waals surface area contributed by atoms with Crippen molar-refractivity contribution >= 4 is 11.9 Å². The molecule has 1 aliphatic heterocycles. The molecule has 0 saturated carbocycles. The van der Waals surface area contributed by atoms with Crippen LogP contribution in [0.1, 0.15) is 20.7 Å². The van der Waals surface area contributed by atoms with Crippen LogP contribution in [0.25, 0.3) is 0 Å². The summed E-state index contributed by atoms with van der Waals surface area (Å²) in [5.41, 5.74) is -0.321. The van der Waals surface area contributed by atoms with Gasteiger partial charge in [0.2, 0.25) is 0 Å². The minimum atomic E-state index is -1.88. The van der Waals surface area contributed by atoms with E-state index in [1.54, 1.807) is 0 Å². The van der Waals surface area contributed by atoms with Crippen molar-refractivity contribution in [2.45, 2.75) is 30.7 Å². The molecule has 12 nitrogen and oxygen atoms in total. The van der Waals surface area contributed by atoms with Gasteiger partial charge in [0.15, 0.2) is 29.6 Å². The molecule has 1 saturated heterocycles. The molecule has 2 aromatic carbocycles. The number of carbonyl (C=O) groups excluding carboxylic acids is 2. The van der Waals surface area contributed by atoms with Crippen LogP contribution < -0.4 is 0 Å². The van der Waals surface area contributed by atoms with Crippen LogP contribution in [0.2, 0.25) is 0 Å². The SMILES string of the molecule is O=C(OC[C@H]1O[C@@H](O)[C@H](OC(=O)c2ccc(O)cc2)[C@@H](O)[C@@H]1O)c1cc(O)c(O)c(O)c1. The Hall–Kier alpha value is -3.58. The topological polar surface area (TPSA) is 203 Å². The van der Waals surface area contributed by atoms with E-state index in [9.17, 15) is 45.3 Å². The van der Waals surface area contributed by atoms with Crippen LogP contribution in [0.3, 0.4) is 0 Å². The Balaban J connectivity index is 1.61. The lowest BCUT2D eigenvalue weighted by Crippen LogP contribution is -2.60. The normalized spacial score (nSPS) is 25.2. The third kappa shape index (κ3) is 4.84. The molecule has 12 heteroatoms. The molecule has 32 heavy (non-hydrogen) atoms. The Morgan fingerprint density at radius 2 is 1.44 bits per heavy atom. The van der Waals surface area contributed by atoms with Crippen molar-refractivity contribution in [3.8, 4) is 23.0 Å². The molecular formula is C20H20O12. The van der Waals surface area contributed by atoms with Gasteiger partial charge < -0.3 is 50.0 Å². The lowest BCUT2D eigenvalue weighted by atomic mass is 9.99. The summed E-state index contributed by atoms with van der Waals surface area (Å²) >= 11 is 0. The van der Waals surface area contributed by atoms with Gasteiger partial charge >= 0.3 is 11.9 Å². The highest BCUT2D eigenvalue weighted by atomic mass is 16.7. The van der Waals surface area contributed by atoms with E-state index in [0.29, 0.717) is 0 Å². The molecule has 7 N–H and O–H groups in total. The van der Waals surface area contributed by atoms with Gasteiger partial charge in [-0.05, 0) is 36.4 Å². The Morgan fingerprint density at radius 1 is 0.844 bits per heavy atom. The number of benzene rings is 2. The summed E-state index contributed by atoms with van der Waals surface area (Å²) in [6, 6.07) is 6.62. The lowest BCUT2D eigenvalue weighted by molar-refractivity contribution is -0.285. The fourth-order valence-electron chi connectivity index (χ4n) is 2.94. The molecule has 0 spiro atoms. The quantitative estimate of drug-likeness (QED) is 0.223. The summed E-state index contributed by atoms with van der Waals surface area (Å²) in [6.45, 7) is -0.658. The van der Waals surface area contributed by atoms with Gasteiger partial charge in [-0.2, -0.15) is 0 Å². The smallest absolute Gasteiger partial charge is 0.338 e. The first kappa shape index (κ1) is 23.1. The second kappa shape index (κ2) is 9.28. The van der Waals surface area contributed by atoms with Crippen molar-refractivity contribution in [1.82, 2.24) is 0 Å². The van der Waals surface area contributed by atoms with Crippen LogP contribution in [0.4, 0.5) is 0 Å². The number of aromatic hydroxyl groups is 4. The maximum atomic E-state index is 12.2. The van der Waals surface area contributed by atoms with Crippen molar-refractivity contribution in [2.75, 3.05) is 6.61 Å². The van der Waals surface area contributed by atoms with Gasteiger partial charge in [0.25, 0.3) is 0 Å². The Bertz CT molecular complexity index is 966. The molecule has 0 unspecified atom stereocenters. The molecule has 3 rings (SSSR count). The van der Waals surface area contributed by atoms with Gasteiger partial charge in [0.1, 0.15) is 30.7 Å².